The van der Waals surface area contributed by atoms with Crippen molar-refractivity contribution in [2.75, 3.05) is 0 Å². The Balaban J connectivity index is 2.06. The Morgan fingerprint density at radius 3 is 2.94 bits per heavy atom. The molecule has 3 aromatic rings. The first-order valence-electron chi connectivity index (χ1n) is 5.10. The maximum Gasteiger partial charge on any atom is 0.137 e. The van der Waals surface area contributed by atoms with Gasteiger partial charge in [-0.15, -0.1) is 0 Å². The van der Waals surface area contributed by atoms with Crippen LogP contribution in [0.3, 0.4) is 0 Å². The fourth-order valence-electron chi connectivity index (χ4n) is 1.60. The van der Waals surface area contributed by atoms with E-state index in [-0.39, 0.29) is 0 Å². The summed E-state index contributed by atoms with van der Waals surface area (Å²) in [6.07, 6.45) is 5.06. The van der Waals surface area contributed by atoms with Crippen LogP contribution >= 0.6 is 0 Å². The van der Waals surface area contributed by atoms with E-state index in [2.05, 4.69) is 15.0 Å². The van der Waals surface area contributed by atoms with Gasteiger partial charge in [-0.1, -0.05) is 6.07 Å². The highest BCUT2D eigenvalue weighted by Crippen LogP contribution is 2.17. The second-order valence-corrected chi connectivity index (χ2v) is 4.95. The monoisotopic (exact) mass is 243 g/mol. The lowest BCUT2D eigenvalue weighted by atomic mass is 10.3. The Morgan fingerprint density at radius 2 is 2.12 bits per heavy atom. The van der Waals surface area contributed by atoms with Crippen LogP contribution < -0.4 is 0 Å². The number of H-pyrrole nitrogens is 1. The average Bonchev–Trinajstić information content (AvgIpc) is 2.86. The SMILES string of the molecule is O=S(c1cnc2[nH]ccc2c1)c1ccccn1. The van der Waals surface area contributed by atoms with Gasteiger partial charge in [-0.3, -0.25) is 0 Å². The molecule has 3 heterocycles. The van der Waals surface area contributed by atoms with Gasteiger partial charge in [-0.2, -0.15) is 0 Å². The number of rotatable bonds is 2. The van der Waals surface area contributed by atoms with Gasteiger partial charge in [0.1, 0.15) is 21.5 Å². The maximum absolute atomic E-state index is 12.2. The lowest BCUT2D eigenvalue weighted by Crippen LogP contribution is -1.96. The molecule has 0 bridgehead atoms. The van der Waals surface area contributed by atoms with Gasteiger partial charge in [0.2, 0.25) is 0 Å². The van der Waals surface area contributed by atoms with Crippen LogP contribution in [0.2, 0.25) is 0 Å². The van der Waals surface area contributed by atoms with Crippen LogP contribution in [0.1, 0.15) is 0 Å². The summed E-state index contributed by atoms with van der Waals surface area (Å²) in [5.41, 5.74) is 0.798. The van der Waals surface area contributed by atoms with Crippen LogP contribution in [-0.4, -0.2) is 19.2 Å². The van der Waals surface area contributed by atoms with Gasteiger partial charge in [-0.05, 0) is 24.3 Å². The molecule has 4 nitrogen and oxygen atoms in total. The van der Waals surface area contributed by atoms with Gasteiger partial charge in [-0.25, -0.2) is 14.2 Å². The molecule has 3 rings (SSSR count). The van der Waals surface area contributed by atoms with Crippen LogP contribution in [0.5, 0.6) is 0 Å². The summed E-state index contributed by atoms with van der Waals surface area (Å²) >= 11 is 0. The van der Waals surface area contributed by atoms with E-state index in [1.54, 1.807) is 24.5 Å². The van der Waals surface area contributed by atoms with Crippen molar-refractivity contribution in [3.8, 4) is 0 Å². The first-order chi connectivity index (χ1) is 8.34. The molecule has 17 heavy (non-hydrogen) atoms. The first-order valence-corrected chi connectivity index (χ1v) is 6.25. The number of hydrogen-bond acceptors (Lipinski definition) is 3. The zero-order chi connectivity index (χ0) is 11.7. The van der Waals surface area contributed by atoms with E-state index in [0.717, 1.165) is 11.0 Å². The van der Waals surface area contributed by atoms with Crippen LogP contribution in [0.15, 0.2) is 58.8 Å². The summed E-state index contributed by atoms with van der Waals surface area (Å²) in [7, 11) is -1.27. The molecule has 84 valence electrons. The lowest BCUT2D eigenvalue weighted by molar-refractivity contribution is 0.680. The Hall–Kier alpha value is -2.01. The second kappa shape index (κ2) is 4.10. The van der Waals surface area contributed by atoms with Crippen molar-refractivity contribution in [2.45, 2.75) is 9.92 Å². The van der Waals surface area contributed by atoms with Crippen LogP contribution in [0, 0.1) is 0 Å². The van der Waals surface area contributed by atoms with E-state index >= 15 is 0 Å². The van der Waals surface area contributed by atoms with Crippen LogP contribution in [-0.2, 0) is 10.8 Å². The summed E-state index contributed by atoms with van der Waals surface area (Å²) in [6, 6.07) is 9.14. The van der Waals surface area contributed by atoms with E-state index in [4.69, 9.17) is 0 Å². The molecule has 0 fully saturated rings. The van der Waals surface area contributed by atoms with E-state index < -0.39 is 10.8 Å². The Bertz CT molecular complexity index is 678. The third-order valence-electron chi connectivity index (χ3n) is 2.42. The number of aromatic nitrogens is 3. The standard InChI is InChI=1S/C12H9N3OS/c16-17(11-3-1-2-5-13-11)10-7-9-4-6-14-12(9)15-8-10/h1-8H,(H,14,15). The molecule has 0 aliphatic carbocycles. The van der Waals surface area contributed by atoms with Gasteiger partial charge < -0.3 is 4.98 Å². The molecule has 0 spiro atoms. The molecule has 0 aromatic carbocycles. The number of nitrogens with zero attached hydrogens (tertiary/aromatic N) is 2. The van der Waals surface area contributed by atoms with Crippen molar-refractivity contribution in [1.29, 1.82) is 0 Å². The molecule has 0 radical (unpaired) electrons. The van der Waals surface area contributed by atoms with Gasteiger partial charge in [0.25, 0.3) is 0 Å². The molecule has 0 saturated heterocycles. The highest BCUT2D eigenvalue weighted by Gasteiger charge is 2.09. The quantitative estimate of drug-likeness (QED) is 0.750. The minimum absolute atomic E-state index is 0.546. The molecule has 1 N–H and O–H groups in total. The third kappa shape index (κ3) is 1.85. The van der Waals surface area contributed by atoms with Crippen molar-refractivity contribution in [1.82, 2.24) is 15.0 Å². The van der Waals surface area contributed by atoms with Crippen molar-refractivity contribution in [2.24, 2.45) is 0 Å². The molecule has 0 aliphatic heterocycles. The number of aromatic amines is 1. The Kier molecular flexibility index (Phi) is 2.45. The van der Waals surface area contributed by atoms with Crippen molar-refractivity contribution in [3.63, 3.8) is 0 Å². The predicted octanol–water partition coefficient (Wildman–Crippen LogP) is 2.12. The number of hydrogen-bond donors (Lipinski definition) is 1. The molecule has 0 saturated carbocycles. The maximum atomic E-state index is 12.2. The number of pyridine rings is 2. The number of nitrogens with one attached hydrogen (secondary N) is 1. The molecule has 5 heteroatoms. The molecule has 0 aliphatic rings. The summed E-state index contributed by atoms with van der Waals surface area (Å²) < 4.78 is 12.2. The van der Waals surface area contributed by atoms with Crippen LogP contribution in [0.4, 0.5) is 0 Å². The minimum Gasteiger partial charge on any atom is -0.346 e. The van der Waals surface area contributed by atoms with Gasteiger partial charge in [0.05, 0.1) is 4.90 Å². The minimum atomic E-state index is -1.27. The summed E-state index contributed by atoms with van der Waals surface area (Å²) in [6.45, 7) is 0. The lowest BCUT2D eigenvalue weighted by Gasteiger charge is -2.00. The highest BCUT2D eigenvalue weighted by atomic mass is 32.2. The molecule has 0 amide bonds. The van der Waals surface area contributed by atoms with E-state index in [0.29, 0.717) is 9.92 Å². The molecular weight excluding hydrogens is 234 g/mol. The van der Waals surface area contributed by atoms with E-state index in [1.807, 2.05) is 24.4 Å². The van der Waals surface area contributed by atoms with Crippen molar-refractivity contribution < 1.29 is 4.21 Å². The predicted molar refractivity (Wildman–Crippen MR) is 65.0 cm³/mol. The zero-order valence-corrected chi connectivity index (χ0v) is 9.65. The van der Waals surface area contributed by atoms with E-state index in [1.165, 1.54) is 0 Å². The number of fused-ring (bicyclic) bond motifs is 1. The van der Waals surface area contributed by atoms with Gasteiger partial charge in [0, 0.05) is 24.0 Å². The zero-order valence-electron chi connectivity index (χ0n) is 8.83. The molecule has 3 aromatic heterocycles. The summed E-state index contributed by atoms with van der Waals surface area (Å²) in [4.78, 5) is 12.0. The summed E-state index contributed by atoms with van der Waals surface area (Å²) in [5.74, 6) is 0. The molecule has 1 unspecified atom stereocenters. The Labute approximate surface area is 100 Å². The van der Waals surface area contributed by atoms with Gasteiger partial charge >= 0.3 is 0 Å². The van der Waals surface area contributed by atoms with Crippen LogP contribution in [0.25, 0.3) is 11.0 Å². The van der Waals surface area contributed by atoms with Gasteiger partial charge in [0.15, 0.2) is 0 Å². The summed E-state index contributed by atoms with van der Waals surface area (Å²) in [5, 5.41) is 1.50. The normalized spacial score (nSPS) is 12.7. The third-order valence-corrected chi connectivity index (χ3v) is 3.69. The fraction of sp³-hybridized carbons (Fsp3) is 0. The highest BCUT2D eigenvalue weighted by molar-refractivity contribution is 7.85. The first kappa shape index (κ1) is 10.2. The van der Waals surface area contributed by atoms with E-state index in [9.17, 15) is 4.21 Å². The van der Waals surface area contributed by atoms with Crippen molar-refractivity contribution >= 4 is 21.8 Å². The fourth-order valence-corrected chi connectivity index (χ4v) is 2.58. The Morgan fingerprint density at radius 1 is 1.18 bits per heavy atom. The average molecular weight is 243 g/mol. The largest absolute Gasteiger partial charge is 0.346 e. The molecule has 1 atom stereocenters. The topological polar surface area (TPSA) is 58.6 Å². The van der Waals surface area contributed by atoms with Crippen molar-refractivity contribution in [3.05, 3.63) is 48.9 Å². The second-order valence-electron chi connectivity index (χ2n) is 3.52. The smallest absolute Gasteiger partial charge is 0.137 e. The molecular formula is C12H9N3OS.